The summed E-state index contributed by atoms with van der Waals surface area (Å²) in [6, 6.07) is 5.49. The minimum Gasteiger partial charge on any atom is -0.365 e. The molecule has 0 spiro atoms. The summed E-state index contributed by atoms with van der Waals surface area (Å²) in [6.45, 7) is 6.42. The number of hydrogen-bond acceptors (Lipinski definition) is 7. The van der Waals surface area contributed by atoms with Crippen LogP contribution in [0.15, 0.2) is 18.2 Å². The number of anilines is 2. The number of hydrogen-bond donors (Lipinski definition) is 2. The minimum atomic E-state index is -0.727. The summed E-state index contributed by atoms with van der Waals surface area (Å²) in [5.41, 5.74) is 3.08. The number of fused-ring (bicyclic) bond motifs is 1. The van der Waals surface area contributed by atoms with Crippen LogP contribution < -0.4 is 15.5 Å². The summed E-state index contributed by atoms with van der Waals surface area (Å²) in [6.07, 6.45) is 1.16. The van der Waals surface area contributed by atoms with Crippen LogP contribution >= 0.6 is 23.2 Å². The number of piperidine rings is 1. The van der Waals surface area contributed by atoms with Gasteiger partial charge in [0, 0.05) is 80.9 Å². The summed E-state index contributed by atoms with van der Waals surface area (Å²) >= 11 is 12.4. The van der Waals surface area contributed by atoms with Crippen LogP contribution in [0.25, 0.3) is 0 Å². The van der Waals surface area contributed by atoms with Crippen molar-refractivity contribution in [1.82, 2.24) is 25.1 Å². The number of carbonyl (C=O) groups excluding carboxylic acids is 1. The Labute approximate surface area is 221 Å². The molecule has 8 nitrogen and oxygen atoms in total. The van der Waals surface area contributed by atoms with E-state index in [1.165, 1.54) is 0 Å². The fraction of sp³-hybridized carbons (Fsp3) is 0.560. The molecule has 3 aliphatic heterocycles. The molecule has 0 radical (unpaired) electrons. The summed E-state index contributed by atoms with van der Waals surface area (Å²) in [5, 5.41) is 8.09. The van der Waals surface area contributed by atoms with Crippen LogP contribution in [0.3, 0.4) is 0 Å². The molecule has 194 valence electrons. The van der Waals surface area contributed by atoms with Gasteiger partial charge in [0.05, 0.1) is 12.2 Å². The Bertz CT molecular complexity index is 1090. The van der Waals surface area contributed by atoms with E-state index in [0.29, 0.717) is 87.7 Å². The van der Waals surface area contributed by atoms with Crippen molar-refractivity contribution >= 4 is 40.9 Å². The molecule has 0 bridgehead atoms. The van der Waals surface area contributed by atoms with Gasteiger partial charge in [0.1, 0.15) is 12.0 Å². The number of rotatable bonds is 6. The molecule has 1 aromatic heterocycles. The molecule has 0 aliphatic carbocycles. The highest BCUT2D eigenvalue weighted by atomic mass is 35.5. The van der Waals surface area contributed by atoms with Crippen molar-refractivity contribution in [2.75, 3.05) is 62.6 Å². The maximum absolute atomic E-state index is 13.4. The highest BCUT2D eigenvalue weighted by molar-refractivity contribution is 6.35. The second kappa shape index (κ2) is 11.5. The molecule has 2 N–H and O–H groups in total. The van der Waals surface area contributed by atoms with Crippen LogP contribution in [0.5, 0.6) is 0 Å². The van der Waals surface area contributed by atoms with Gasteiger partial charge in [-0.15, -0.1) is 0 Å². The zero-order valence-corrected chi connectivity index (χ0v) is 21.8. The van der Waals surface area contributed by atoms with E-state index in [1.807, 2.05) is 17.0 Å². The van der Waals surface area contributed by atoms with Crippen LogP contribution in [-0.4, -0.2) is 84.2 Å². The van der Waals surface area contributed by atoms with Gasteiger partial charge in [-0.1, -0.05) is 29.3 Å². The van der Waals surface area contributed by atoms with E-state index in [4.69, 9.17) is 33.2 Å². The van der Waals surface area contributed by atoms with E-state index < -0.39 is 6.17 Å². The Morgan fingerprint density at radius 1 is 1.11 bits per heavy atom. The molecule has 0 saturated carbocycles. The van der Waals surface area contributed by atoms with E-state index >= 15 is 0 Å². The average molecular weight is 536 g/mol. The second-order valence-electron chi connectivity index (χ2n) is 9.63. The Morgan fingerprint density at radius 3 is 2.64 bits per heavy atom. The maximum atomic E-state index is 13.4. The van der Waals surface area contributed by atoms with Crippen molar-refractivity contribution in [1.29, 1.82) is 0 Å². The third-order valence-electron chi connectivity index (χ3n) is 7.17. The van der Waals surface area contributed by atoms with Gasteiger partial charge in [-0.2, -0.15) is 4.98 Å². The molecule has 0 unspecified atom stereocenters. The zero-order chi connectivity index (χ0) is 25.1. The van der Waals surface area contributed by atoms with Crippen molar-refractivity contribution < 1.29 is 9.18 Å². The number of benzene rings is 1. The first-order chi connectivity index (χ1) is 17.5. The van der Waals surface area contributed by atoms with Crippen LogP contribution in [-0.2, 0) is 24.3 Å². The Kier molecular flexibility index (Phi) is 8.10. The topological polar surface area (TPSA) is 76.6 Å². The van der Waals surface area contributed by atoms with Gasteiger partial charge in [0.2, 0.25) is 11.9 Å². The van der Waals surface area contributed by atoms with Crippen molar-refractivity contribution in [2.45, 2.75) is 38.5 Å². The maximum Gasteiger partial charge on any atom is 0.236 e. The summed E-state index contributed by atoms with van der Waals surface area (Å²) in [5.74, 6) is 1.62. The third-order valence-corrected chi connectivity index (χ3v) is 7.76. The zero-order valence-electron chi connectivity index (χ0n) is 20.3. The summed E-state index contributed by atoms with van der Waals surface area (Å²) in [7, 11) is 0. The van der Waals surface area contributed by atoms with Gasteiger partial charge >= 0.3 is 0 Å². The average Bonchev–Trinajstić information content (AvgIpc) is 2.89. The van der Waals surface area contributed by atoms with Crippen LogP contribution in [0, 0.1) is 0 Å². The Morgan fingerprint density at radius 2 is 1.89 bits per heavy atom. The van der Waals surface area contributed by atoms with E-state index in [-0.39, 0.29) is 5.91 Å². The Hall–Kier alpha value is -2.20. The van der Waals surface area contributed by atoms with Crippen molar-refractivity contribution in [3.63, 3.8) is 0 Å². The number of piperazine rings is 1. The van der Waals surface area contributed by atoms with E-state index in [2.05, 4.69) is 20.4 Å². The van der Waals surface area contributed by atoms with E-state index in [1.54, 1.807) is 6.07 Å². The normalized spacial score (nSPS) is 19.3. The van der Waals surface area contributed by atoms with Gasteiger partial charge in [-0.25, -0.2) is 9.37 Å². The molecule has 5 rings (SSSR count). The van der Waals surface area contributed by atoms with Gasteiger partial charge in [0.25, 0.3) is 0 Å². The number of amides is 1. The quantitative estimate of drug-likeness (QED) is 0.588. The lowest BCUT2D eigenvalue weighted by Crippen LogP contribution is -2.52. The van der Waals surface area contributed by atoms with Crippen LogP contribution in [0.1, 0.15) is 29.7 Å². The highest BCUT2D eigenvalue weighted by Crippen LogP contribution is 2.26. The molecular weight excluding hydrogens is 504 g/mol. The summed E-state index contributed by atoms with van der Waals surface area (Å²) in [4.78, 5) is 28.7. The lowest BCUT2D eigenvalue weighted by Gasteiger charge is -2.37. The van der Waals surface area contributed by atoms with Crippen LogP contribution in [0.2, 0.25) is 10.0 Å². The first kappa shape index (κ1) is 25.4. The number of alkyl halides is 1. The number of nitrogens with one attached hydrogen (secondary N) is 2. The molecule has 36 heavy (non-hydrogen) atoms. The number of carbonyl (C=O) groups is 1. The fourth-order valence-corrected chi connectivity index (χ4v) is 5.44. The van der Waals surface area contributed by atoms with Crippen molar-refractivity contribution in [3.8, 4) is 0 Å². The van der Waals surface area contributed by atoms with Crippen LogP contribution in [0.4, 0.5) is 16.2 Å². The summed E-state index contributed by atoms with van der Waals surface area (Å²) < 4.78 is 13.4. The first-order valence-corrected chi connectivity index (χ1v) is 13.4. The molecule has 11 heteroatoms. The Balaban J connectivity index is 1.23. The standard InChI is InChI=1S/C25H32Cl2FN7O/c26-18-2-1-17(21(27)13-18)14-30-24-20-15-29-6-3-22(20)31-25(32-24)35-11-9-34(10-12-35)23(36)16-33-7-4-19(28)5-8-33/h1-2,13,19,29H,3-12,14-16H2,(H,30,31,32). The van der Waals surface area contributed by atoms with Gasteiger partial charge in [-0.05, 0) is 30.5 Å². The fourth-order valence-electron chi connectivity index (χ4n) is 4.97. The number of likely N-dealkylation sites (tertiary alicyclic amines) is 1. The van der Waals surface area contributed by atoms with Gasteiger partial charge < -0.3 is 20.4 Å². The molecule has 1 aromatic carbocycles. The third kappa shape index (κ3) is 6.02. The lowest BCUT2D eigenvalue weighted by atomic mass is 10.1. The molecule has 0 atom stereocenters. The second-order valence-corrected chi connectivity index (χ2v) is 10.5. The number of aromatic nitrogens is 2. The van der Waals surface area contributed by atoms with Gasteiger partial charge in [0.15, 0.2) is 0 Å². The monoisotopic (exact) mass is 535 g/mol. The highest BCUT2D eigenvalue weighted by Gasteiger charge is 2.27. The number of nitrogens with zero attached hydrogens (tertiary/aromatic N) is 5. The lowest BCUT2D eigenvalue weighted by molar-refractivity contribution is -0.133. The van der Waals surface area contributed by atoms with Crippen molar-refractivity contribution in [3.05, 3.63) is 45.1 Å². The first-order valence-electron chi connectivity index (χ1n) is 12.6. The predicted molar refractivity (Wildman–Crippen MR) is 141 cm³/mol. The van der Waals surface area contributed by atoms with E-state index in [9.17, 15) is 9.18 Å². The number of halogens is 3. The molecule has 2 aromatic rings. The minimum absolute atomic E-state index is 0.117. The van der Waals surface area contributed by atoms with Gasteiger partial charge in [-0.3, -0.25) is 9.69 Å². The molecule has 4 heterocycles. The van der Waals surface area contributed by atoms with E-state index in [0.717, 1.165) is 35.6 Å². The molecule has 3 aliphatic rings. The molecular formula is C25H32Cl2FN7O. The largest absolute Gasteiger partial charge is 0.365 e. The molecule has 1 amide bonds. The SMILES string of the molecule is O=C(CN1CCC(F)CC1)N1CCN(c2nc3c(c(NCc4ccc(Cl)cc4Cl)n2)CNCC3)CC1. The predicted octanol–water partition coefficient (Wildman–Crippen LogP) is 3.12. The smallest absolute Gasteiger partial charge is 0.236 e. The molecule has 2 saturated heterocycles. The molecule has 2 fully saturated rings. The van der Waals surface area contributed by atoms with Crippen molar-refractivity contribution in [2.24, 2.45) is 0 Å².